The van der Waals surface area contributed by atoms with E-state index in [1.54, 1.807) is 20.3 Å². The Morgan fingerprint density at radius 1 is 0.936 bits per heavy atom. The minimum Gasteiger partial charge on any atom is -0.497 e. The average Bonchev–Trinajstić information content (AvgIpc) is 3.85. The van der Waals surface area contributed by atoms with Gasteiger partial charge in [-0.1, -0.05) is 31.0 Å². The Morgan fingerprint density at radius 2 is 1.64 bits per heavy atom. The number of amides is 1. The molecule has 3 heterocycles. The van der Waals surface area contributed by atoms with E-state index < -0.39 is 23.6 Å². The van der Waals surface area contributed by atoms with Gasteiger partial charge in [0.15, 0.2) is 0 Å². The van der Waals surface area contributed by atoms with Crippen molar-refractivity contribution in [3.05, 3.63) is 59.2 Å². The third-order valence-corrected chi connectivity index (χ3v) is 11.1. The van der Waals surface area contributed by atoms with Crippen LogP contribution in [0.1, 0.15) is 73.5 Å². The Labute approximate surface area is 274 Å². The Bertz CT molecular complexity index is 1410. The zero-order valence-corrected chi connectivity index (χ0v) is 27.3. The molecular weight excluding hydrogens is 611 g/mol. The highest BCUT2D eigenvalue weighted by Crippen LogP contribution is 2.44. The number of benzene rings is 2. The molecule has 1 amide bonds. The van der Waals surface area contributed by atoms with Gasteiger partial charge in [-0.15, -0.1) is 0 Å². The molecule has 4 atom stereocenters. The number of hydrogen-bond donors (Lipinski definition) is 1. The van der Waals surface area contributed by atoms with Gasteiger partial charge in [0.2, 0.25) is 5.91 Å². The summed E-state index contributed by atoms with van der Waals surface area (Å²) in [5.41, 5.74) is 1.65. The Balaban J connectivity index is 1.28. The van der Waals surface area contributed by atoms with Crippen LogP contribution < -0.4 is 9.64 Å². The lowest BCUT2D eigenvalue weighted by atomic mass is 9.87. The molecule has 0 bridgehead atoms. The quantitative estimate of drug-likeness (QED) is 0.354. The number of halogens is 3. The summed E-state index contributed by atoms with van der Waals surface area (Å²) in [6, 6.07) is 12.2. The molecule has 0 unspecified atom stereocenters. The van der Waals surface area contributed by atoms with Crippen molar-refractivity contribution in [1.82, 2.24) is 9.80 Å². The fourth-order valence-corrected chi connectivity index (χ4v) is 8.52. The standard InChI is InChI=1S/C36H46F3N3O5/c1-46-22-28-17-25(30-12-9-26(36(37,38)39)18-33(30)40-15-13-24(14-16-40)35(44)45)19-42(28)34(43)32-21-41(27-5-3-4-6-27)20-31(32)23-7-10-29(47-2)11-8-23/h7-12,18,24-25,27-28,31-32H,3-6,13-17,19-22H2,1-2H3,(H,44,45)/t25-,28-,31-,32+/m0/s1. The smallest absolute Gasteiger partial charge is 0.416 e. The van der Waals surface area contributed by atoms with Crippen LogP contribution in [0.15, 0.2) is 42.5 Å². The van der Waals surface area contributed by atoms with E-state index in [4.69, 9.17) is 9.47 Å². The zero-order chi connectivity index (χ0) is 33.3. The number of carbonyl (C=O) groups excluding carboxylic acids is 1. The second-order valence-electron chi connectivity index (χ2n) is 13.8. The number of anilines is 1. The highest BCUT2D eigenvalue weighted by Gasteiger charge is 2.47. The molecule has 4 aliphatic rings. The molecule has 0 spiro atoms. The molecule has 1 aliphatic carbocycles. The van der Waals surface area contributed by atoms with Gasteiger partial charge in [0.25, 0.3) is 0 Å². The topological polar surface area (TPSA) is 82.5 Å². The summed E-state index contributed by atoms with van der Waals surface area (Å²) in [5, 5.41) is 9.49. The SMILES string of the molecule is COC[C@@H]1C[C@H](c2ccc(C(F)(F)F)cc2N2CCC(C(=O)O)CC2)CN1C(=O)[C@@H]1CN(C2CCCC2)C[C@H]1c1ccc(OC)cc1. The zero-order valence-electron chi connectivity index (χ0n) is 27.3. The van der Waals surface area contributed by atoms with Crippen LogP contribution in [0.2, 0.25) is 0 Å². The fourth-order valence-electron chi connectivity index (χ4n) is 8.52. The van der Waals surface area contributed by atoms with Crippen molar-refractivity contribution in [2.75, 3.05) is 58.5 Å². The summed E-state index contributed by atoms with van der Waals surface area (Å²) in [4.78, 5) is 32.6. The maximum absolute atomic E-state index is 14.7. The minimum atomic E-state index is -4.51. The van der Waals surface area contributed by atoms with E-state index in [0.29, 0.717) is 63.8 Å². The van der Waals surface area contributed by atoms with Crippen LogP contribution >= 0.6 is 0 Å². The first-order chi connectivity index (χ1) is 22.6. The molecule has 3 saturated heterocycles. The number of likely N-dealkylation sites (tertiary alicyclic amines) is 2. The summed E-state index contributed by atoms with van der Waals surface area (Å²) >= 11 is 0. The maximum atomic E-state index is 14.7. The molecule has 1 saturated carbocycles. The van der Waals surface area contributed by atoms with Crippen molar-refractivity contribution in [2.45, 2.75) is 75.0 Å². The Morgan fingerprint density at radius 3 is 2.26 bits per heavy atom. The largest absolute Gasteiger partial charge is 0.497 e. The van der Waals surface area contributed by atoms with Crippen LogP contribution in [-0.4, -0.2) is 92.4 Å². The number of carboxylic acid groups (broad SMARTS) is 1. The second-order valence-corrected chi connectivity index (χ2v) is 13.8. The molecule has 2 aromatic rings. The van der Waals surface area contributed by atoms with E-state index in [1.165, 1.54) is 18.9 Å². The van der Waals surface area contributed by atoms with Gasteiger partial charge in [-0.2, -0.15) is 13.2 Å². The van der Waals surface area contributed by atoms with Crippen molar-refractivity contribution in [3.63, 3.8) is 0 Å². The van der Waals surface area contributed by atoms with Crippen LogP contribution in [0.25, 0.3) is 0 Å². The van der Waals surface area contributed by atoms with Crippen molar-refractivity contribution in [2.24, 2.45) is 11.8 Å². The summed E-state index contributed by atoms with van der Waals surface area (Å²) in [5.74, 6) is -0.929. The molecule has 47 heavy (non-hydrogen) atoms. The number of carboxylic acids is 1. The molecule has 0 radical (unpaired) electrons. The first-order valence-corrected chi connectivity index (χ1v) is 16.9. The highest BCUT2D eigenvalue weighted by atomic mass is 19.4. The van der Waals surface area contributed by atoms with E-state index in [9.17, 15) is 27.9 Å². The lowest BCUT2D eigenvalue weighted by Gasteiger charge is -2.34. The summed E-state index contributed by atoms with van der Waals surface area (Å²) < 4.78 is 52.7. The van der Waals surface area contributed by atoms with Crippen molar-refractivity contribution in [1.29, 1.82) is 0 Å². The van der Waals surface area contributed by atoms with Crippen LogP contribution in [0.3, 0.4) is 0 Å². The lowest BCUT2D eigenvalue weighted by Crippen LogP contribution is -2.44. The van der Waals surface area contributed by atoms with Crippen molar-refractivity contribution < 1.29 is 37.3 Å². The molecule has 11 heteroatoms. The Kier molecular flexibility index (Phi) is 10.0. The van der Waals surface area contributed by atoms with E-state index in [-0.39, 0.29) is 29.7 Å². The second kappa shape index (κ2) is 14.0. The fraction of sp³-hybridized carbons (Fsp3) is 0.611. The maximum Gasteiger partial charge on any atom is 0.416 e. The van der Waals surface area contributed by atoms with Gasteiger partial charge in [0.05, 0.1) is 37.2 Å². The van der Waals surface area contributed by atoms with E-state index in [1.807, 2.05) is 21.9 Å². The summed E-state index contributed by atoms with van der Waals surface area (Å²) in [6.45, 7) is 2.97. The molecule has 6 rings (SSSR count). The Hall–Kier alpha value is -3.31. The lowest BCUT2D eigenvalue weighted by molar-refractivity contribution is -0.142. The van der Waals surface area contributed by atoms with Gasteiger partial charge >= 0.3 is 12.1 Å². The summed E-state index contributed by atoms with van der Waals surface area (Å²) in [7, 11) is 3.25. The minimum absolute atomic E-state index is 0.0217. The molecule has 4 fully saturated rings. The number of piperidine rings is 1. The van der Waals surface area contributed by atoms with Gasteiger partial charge in [-0.25, -0.2) is 0 Å². The van der Waals surface area contributed by atoms with E-state index >= 15 is 0 Å². The van der Waals surface area contributed by atoms with Gasteiger partial charge in [0.1, 0.15) is 5.75 Å². The first kappa shape index (κ1) is 33.6. The monoisotopic (exact) mass is 657 g/mol. The van der Waals surface area contributed by atoms with Gasteiger partial charge in [-0.05, 0) is 67.5 Å². The summed E-state index contributed by atoms with van der Waals surface area (Å²) in [6.07, 6.45) is 1.53. The molecule has 256 valence electrons. The number of hydrogen-bond acceptors (Lipinski definition) is 6. The van der Waals surface area contributed by atoms with Gasteiger partial charge in [-0.3, -0.25) is 14.5 Å². The molecule has 8 nitrogen and oxygen atoms in total. The molecule has 2 aromatic carbocycles. The van der Waals surface area contributed by atoms with E-state index in [0.717, 1.165) is 42.3 Å². The predicted molar refractivity (Wildman–Crippen MR) is 172 cm³/mol. The molecule has 0 aromatic heterocycles. The number of carbonyl (C=O) groups is 2. The van der Waals surface area contributed by atoms with Crippen LogP contribution in [0, 0.1) is 11.8 Å². The molecule has 1 N–H and O–H groups in total. The van der Waals surface area contributed by atoms with Gasteiger partial charge in [0, 0.05) is 63.4 Å². The first-order valence-electron chi connectivity index (χ1n) is 16.9. The predicted octanol–water partition coefficient (Wildman–Crippen LogP) is 6.00. The number of alkyl halides is 3. The number of methoxy groups -OCH3 is 2. The normalized spacial score (nSPS) is 26.3. The highest BCUT2D eigenvalue weighted by molar-refractivity contribution is 5.82. The molecular formula is C36H46F3N3O5. The number of rotatable bonds is 9. The molecule has 3 aliphatic heterocycles. The van der Waals surface area contributed by atoms with Crippen LogP contribution in [0.4, 0.5) is 18.9 Å². The van der Waals surface area contributed by atoms with Gasteiger partial charge < -0.3 is 24.4 Å². The van der Waals surface area contributed by atoms with Crippen molar-refractivity contribution in [3.8, 4) is 5.75 Å². The third kappa shape index (κ3) is 7.11. The van der Waals surface area contributed by atoms with E-state index in [2.05, 4.69) is 17.0 Å². The van der Waals surface area contributed by atoms with Crippen LogP contribution in [-0.2, 0) is 20.5 Å². The average molecular weight is 658 g/mol. The van der Waals surface area contributed by atoms with Crippen LogP contribution in [0.5, 0.6) is 5.75 Å². The third-order valence-electron chi connectivity index (χ3n) is 11.1. The number of aliphatic carboxylic acids is 1. The van der Waals surface area contributed by atoms with Crippen molar-refractivity contribution >= 4 is 17.6 Å². The number of nitrogens with zero attached hydrogens (tertiary/aromatic N) is 3. The number of ether oxygens (including phenoxy) is 2.